The third-order valence-corrected chi connectivity index (χ3v) is 2.71. The van der Waals surface area contributed by atoms with Crippen molar-refractivity contribution in [2.45, 2.75) is 0 Å². The molecule has 0 aliphatic heterocycles. The summed E-state index contributed by atoms with van der Waals surface area (Å²) in [6.07, 6.45) is 1.22. The number of amides is 1. The number of aromatic carboxylic acids is 1. The molecule has 0 saturated heterocycles. The Morgan fingerprint density at radius 3 is 2.29 bits per heavy atom. The highest BCUT2D eigenvalue weighted by Crippen LogP contribution is 2.20. The smallest absolute Gasteiger partial charge is 0.335 e. The third kappa shape index (κ3) is 2.73. The lowest BCUT2D eigenvalue weighted by molar-refractivity contribution is 0.0695. The summed E-state index contributed by atoms with van der Waals surface area (Å²) in [5.74, 6) is -4.03. The van der Waals surface area contributed by atoms with E-state index in [2.05, 4.69) is 5.10 Å². The lowest BCUT2D eigenvalue weighted by Gasteiger charge is -2.08. The van der Waals surface area contributed by atoms with Gasteiger partial charge < -0.3 is 10.0 Å². The van der Waals surface area contributed by atoms with Crippen LogP contribution in [0.4, 0.5) is 8.78 Å². The van der Waals surface area contributed by atoms with Crippen LogP contribution >= 0.6 is 0 Å². The van der Waals surface area contributed by atoms with Crippen molar-refractivity contribution in [3.8, 4) is 5.69 Å². The van der Waals surface area contributed by atoms with Gasteiger partial charge in [-0.3, -0.25) is 4.79 Å². The number of carboxylic acids is 1. The lowest BCUT2D eigenvalue weighted by Crippen LogP contribution is -2.22. The van der Waals surface area contributed by atoms with Crippen molar-refractivity contribution in [1.29, 1.82) is 0 Å². The molecule has 1 aromatic heterocycles. The van der Waals surface area contributed by atoms with E-state index in [1.54, 1.807) is 0 Å². The summed E-state index contributed by atoms with van der Waals surface area (Å²) in [6, 6.07) is 2.69. The molecule has 0 spiro atoms. The predicted octanol–water partition coefficient (Wildman–Crippen LogP) is 1.55. The summed E-state index contributed by atoms with van der Waals surface area (Å²) in [6.45, 7) is 0. The van der Waals surface area contributed by atoms with Crippen LogP contribution < -0.4 is 0 Å². The van der Waals surface area contributed by atoms with Gasteiger partial charge in [0.1, 0.15) is 5.69 Å². The van der Waals surface area contributed by atoms with Crippen molar-refractivity contribution in [2.24, 2.45) is 0 Å². The normalized spacial score (nSPS) is 10.5. The van der Waals surface area contributed by atoms with Crippen LogP contribution in [0, 0.1) is 11.6 Å². The van der Waals surface area contributed by atoms with Crippen LogP contribution in [-0.2, 0) is 0 Å². The van der Waals surface area contributed by atoms with Crippen molar-refractivity contribution in [3.63, 3.8) is 0 Å². The van der Waals surface area contributed by atoms with Crippen LogP contribution in [0.5, 0.6) is 0 Å². The molecule has 0 radical (unpaired) electrons. The Kier molecular flexibility index (Phi) is 3.70. The van der Waals surface area contributed by atoms with E-state index in [9.17, 15) is 18.4 Å². The first-order valence-corrected chi connectivity index (χ1v) is 5.81. The monoisotopic (exact) mass is 295 g/mol. The molecule has 0 unspecified atom stereocenters. The SMILES string of the molecule is CN(C)C(=O)c1ccn(-c2c(F)cc(C(=O)O)cc2F)n1. The lowest BCUT2D eigenvalue weighted by atomic mass is 10.2. The molecule has 110 valence electrons. The van der Waals surface area contributed by atoms with Gasteiger partial charge in [-0.2, -0.15) is 5.10 Å². The van der Waals surface area contributed by atoms with Crippen LogP contribution in [0.3, 0.4) is 0 Å². The molecule has 0 fully saturated rings. The van der Waals surface area contributed by atoms with E-state index in [0.29, 0.717) is 12.1 Å². The zero-order valence-corrected chi connectivity index (χ0v) is 11.2. The quantitative estimate of drug-likeness (QED) is 0.932. The van der Waals surface area contributed by atoms with Gasteiger partial charge in [0.05, 0.1) is 5.56 Å². The number of aromatic nitrogens is 2. The van der Waals surface area contributed by atoms with E-state index in [4.69, 9.17) is 5.11 Å². The van der Waals surface area contributed by atoms with E-state index in [-0.39, 0.29) is 5.69 Å². The molecule has 0 bridgehead atoms. The minimum absolute atomic E-state index is 0.0149. The van der Waals surface area contributed by atoms with Crippen LogP contribution in [0.1, 0.15) is 20.8 Å². The number of hydrogen-bond acceptors (Lipinski definition) is 3. The molecule has 1 amide bonds. The fraction of sp³-hybridized carbons (Fsp3) is 0.154. The summed E-state index contributed by atoms with van der Waals surface area (Å²) in [5, 5.41) is 12.5. The predicted molar refractivity (Wildman–Crippen MR) is 68.5 cm³/mol. The first-order valence-electron chi connectivity index (χ1n) is 5.81. The van der Waals surface area contributed by atoms with Crippen molar-refractivity contribution < 1.29 is 23.5 Å². The molecule has 1 heterocycles. The van der Waals surface area contributed by atoms with Gasteiger partial charge in [0.25, 0.3) is 5.91 Å². The average molecular weight is 295 g/mol. The second-order valence-corrected chi connectivity index (χ2v) is 4.44. The number of rotatable bonds is 3. The highest BCUT2D eigenvalue weighted by Gasteiger charge is 2.19. The Balaban J connectivity index is 2.48. The first-order chi connectivity index (χ1) is 9.81. The largest absolute Gasteiger partial charge is 0.478 e. The zero-order chi connectivity index (χ0) is 15.7. The molecule has 0 aliphatic carbocycles. The first kappa shape index (κ1) is 14.6. The number of carbonyl (C=O) groups excluding carboxylic acids is 1. The van der Waals surface area contributed by atoms with Crippen LogP contribution in [-0.4, -0.2) is 45.8 Å². The Labute approximate surface area is 118 Å². The molecule has 0 atom stereocenters. The van der Waals surface area contributed by atoms with E-state index in [1.165, 1.54) is 31.3 Å². The molecule has 21 heavy (non-hydrogen) atoms. The van der Waals surface area contributed by atoms with Gasteiger partial charge in [0.15, 0.2) is 17.3 Å². The number of carbonyl (C=O) groups is 2. The van der Waals surface area contributed by atoms with Crippen LogP contribution in [0.15, 0.2) is 24.4 Å². The number of nitrogens with zero attached hydrogens (tertiary/aromatic N) is 3. The standard InChI is InChI=1S/C13H11F2N3O3/c1-17(2)12(19)10-3-4-18(16-10)11-8(14)5-7(13(20)21)6-9(11)15/h3-6H,1-2H3,(H,20,21). The van der Waals surface area contributed by atoms with Gasteiger partial charge in [0.2, 0.25) is 0 Å². The fourth-order valence-corrected chi connectivity index (χ4v) is 1.70. The maximum absolute atomic E-state index is 13.9. The van der Waals surface area contributed by atoms with Crippen LogP contribution in [0.25, 0.3) is 5.69 Å². The molecule has 1 aromatic carbocycles. The minimum Gasteiger partial charge on any atom is -0.478 e. The summed E-state index contributed by atoms with van der Waals surface area (Å²) < 4.78 is 28.6. The molecular formula is C13H11F2N3O3. The van der Waals surface area contributed by atoms with E-state index in [0.717, 1.165) is 4.68 Å². The third-order valence-electron chi connectivity index (χ3n) is 2.71. The molecule has 0 saturated carbocycles. The van der Waals surface area contributed by atoms with Gasteiger partial charge >= 0.3 is 5.97 Å². The number of hydrogen-bond donors (Lipinski definition) is 1. The average Bonchev–Trinajstić information content (AvgIpc) is 2.86. The summed E-state index contributed by atoms with van der Waals surface area (Å²) in [7, 11) is 3.04. The van der Waals surface area contributed by atoms with Crippen molar-refractivity contribution >= 4 is 11.9 Å². The van der Waals surface area contributed by atoms with E-state index in [1.807, 2.05) is 0 Å². The summed E-state index contributed by atoms with van der Waals surface area (Å²) in [5.41, 5.74) is -1.04. The second-order valence-electron chi connectivity index (χ2n) is 4.44. The molecular weight excluding hydrogens is 284 g/mol. The minimum atomic E-state index is -1.44. The Hall–Kier alpha value is -2.77. The highest BCUT2D eigenvalue weighted by atomic mass is 19.1. The molecule has 0 aliphatic rings. The van der Waals surface area contributed by atoms with Crippen LogP contribution in [0.2, 0.25) is 0 Å². The van der Waals surface area contributed by atoms with Crippen molar-refractivity contribution in [3.05, 3.63) is 47.3 Å². The molecule has 2 aromatic rings. The van der Waals surface area contributed by atoms with Crippen molar-refractivity contribution in [2.75, 3.05) is 14.1 Å². The molecule has 8 heteroatoms. The Morgan fingerprint density at radius 2 is 1.81 bits per heavy atom. The van der Waals surface area contributed by atoms with E-state index >= 15 is 0 Å². The number of halogens is 2. The van der Waals surface area contributed by atoms with Gasteiger partial charge in [-0.25, -0.2) is 18.3 Å². The fourth-order valence-electron chi connectivity index (χ4n) is 1.70. The Morgan fingerprint density at radius 1 is 1.24 bits per heavy atom. The van der Waals surface area contributed by atoms with E-state index < -0.39 is 34.8 Å². The zero-order valence-electron chi connectivity index (χ0n) is 11.2. The number of benzene rings is 1. The van der Waals surface area contributed by atoms with Gasteiger partial charge in [-0.1, -0.05) is 0 Å². The highest BCUT2D eigenvalue weighted by molar-refractivity contribution is 5.91. The molecule has 1 N–H and O–H groups in total. The Bertz CT molecular complexity index is 702. The van der Waals surface area contributed by atoms with Gasteiger partial charge in [0, 0.05) is 20.3 Å². The maximum atomic E-state index is 13.9. The molecule has 2 rings (SSSR count). The van der Waals surface area contributed by atoms with Gasteiger partial charge in [-0.05, 0) is 18.2 Å². The molecule has 6 nitrogen and oxygen atoms in total. The maximum Gasteiger partial charge on any atom is 0.335 e. The summed E-state index contributed by atoms with van der Waals surface area (Å²) >= 11 is 0. The van der Waals surface area contributed by atoms with Gasteiger partial charge in [-0.15, -0.1) is 0 Å². The second kappa shape index (κ2) is 5.31. The summed E-state index contributed by atoms with van der Waals surface area (Å²) in [4.78, 5) is 23.7. The van der Waals surface area contributed by atoms with Crippen molar-refractivity contribution in [1.82, 2.24) is 14.7 Å². The topological polar surface area (TPSA) is 75.4 Å². The number of carboxylic acid groups (broad SMARTS) is 1.